The van der Waals surface area contributed by atoms with E-state index in [4.69, 9.17) is 9.15 Å². The molecule has 3 heteroatoms. The predicted octanol–water partition coefficient (Wildman–Crippen LogP) is 4.23. The zero-order chi connectivity index (χ0) is 14.5. The van der Waals surface area contributed by atoms with E-state index in [0.717, 1.165) is 23.8 Å². The van der Waals surface area contributed by atoms with Crippen molar-refractivity contribution in [2.45, 2.75) is 46.4 Å². The molecule has 1 atom stereocenters. The summed E-state index contributed by atoms with van der Waals surface area (Å²) in [5.74, 6) is 2.84. The number of hydrogen-bond acceptors (Lipinski definition) is 3. The summed E-state index contributed by atoms with van der Waals surface area (Å²) >= 11 is 0. The van der Waals surface area contributed by atoms with Gasteiger partial charge in [-0.2, -0.15) is 0 Å². The van der Waals surface area contributed by atoms with Crippen LogP contribution in [0.25, 0.3) is 0 Å². The third-order valence-corrected chi connectivity index (χ3v) is 3.10. The van der Waals surface area contributed by atoms with Gasteiger partial charge in [0.1, 0.15) is 17.3 Å². The predicted molar refractivity (Wildman–Crippen MR) is 80.9 cm³/mol. The first-order chi connectivity index (χ1) is 9.54. The number of ether oxygens (including phenoxy) is 1. The molecule has 0 fully saturated rings. The molecule has 2 aromatic rings. The van der Waals surface area contributed by atoms with E-state index in [1.807, 2.05) is 45.0 Å². The van der Waals surface area contributed by atoms with Crippen molar-refractivity contribution in [2.24, 2.45) is 0 Å². The number of hydrogen-bond donors (Lipinski definition) is 1. The molecule has 1 aromatic carbocycles. The van der Waals surface area contributed by atoms with Crippen molar-refractivity contribution in [1.29, 1.82) is 0 Å². The second-order valence-corrected chi connectivity index (χ2v) is 5.36. The lowest BCUT2D eigenvalue weighted by atomic mass is 10.2. The molecular formula is C17H23NO2. The van der Waals surface area contributed by atoms with Crippen LogP contribution < -0.4 is 10.1 Å². The molecule has 0 aliphatic carbocycles. The highest BCUT2D eigenvalue weighted by Crippen LogP contribution is 2.17. The minimum absolute atomic E-state index is 0.204. The fraction of sp³-hybridized carbons (Fsp3) is 0.412. The molecule has 0 saturated heterocycles. The Balaban J connectivity index is 1.87. The largest absolute Gasteiger partial charge is 0.491 e. The van der Waals surface area contributed by atoms with Crippen LogP contribution >= 0.6 is 0 Å². The van der Waals surface area contributed by atoms with E-state index in [0.29, 0.717) is 0 Å². The van der Waals surface area contributed by atoms with Crippen LogP contribution in [0, 0.1) is 6.92 Å². The lowest BCUT2D eigenvalue weighted by Gasteiger charge is -2.13. The lowest BCUT2D eigenvalue weighted by Crippen LogP contribution is -2.17. The Kier molecular flexibility index (Phi) is 4.85. The van der Waals surface area contributed by atoms with Gasteiger partial charge in [0, 0.05) is 6.54 Å². The van der Waals surface area contributed by atoms with Crippen molar-refractivity contribution < 1.29 is 9.15 Å². The topological polar surface area (TPSA) is 34.4 Å². The molecule has 2 rings (SSSR count). The average molecular weight is 273 g/mol. The monoisotopic (exact) mass is 273 g/mol. The van der Waals surface area contributed by atoms with Gasteiger partial charge in [0.25, 0.3) is 0 Å². The summed E-state index contributed by atoms with van der Waals surface area (Å²) in [6, 6.07) is 12.4. The molecule has 0 bridgehead atoms. The number of benzene rings is 1. The molecule has 20 heavy (non-hydrogen) atoms. The number of furan rings is 1. The van der Waals surface area contributed by atoms with Crippen LogP contribution in [0.1, 0.15) is 43.9 Å². The van der Waals surface area contributed by atoms with Crippen molar-refractivity contribution in [3.63, 3.8) is 0 Å². The zero-order valence-electron chi connectivity index (χ0n) is 12.6. The van der Waals surface area contributed by atoms with E-state index in [1.165, 1.54) is 5.56 Å². The van der Waals surface area contributed by atoms with Crippen LogP contribution in [0.3, 0.4) is 0 Å². The maximum atomic E-state index is 5.63. The number of rotatable bonds is 6. The van der Waals surface area contributed by atoms with Gasteiger partial charge in [0.05, 0.1) is 12.1 Å². The minimum Gasteiger partial charge on any atom is -0.491 e. The Morgan fingerprint density at radius 3 is 2.30 bits per heavy atom. The Hall–Kier alpha value is -1.74. The number of aryl methyl sites for hydroxylation is 1. The van der Waals surface area contributed by atoms with E-state index >= 15 is 0 Å². The highest BCUT2D eigenvalue weighted by molar-refractivity contribution is 5.27. The second-order valence-electron chi connectivity index (χ2n) is 5.36. The van der Waals surface area contributed by atoms with E-state index < -0.39 is 0 Å². The van der Waals surface area contributed by atoms with Gasteiger partial charge in [-0.25, -0.2) is 0 Å². The molecule has 0 aliphatic heterocycles. The third kappa shape index (κ3) is 4.14. The third-order valence-electron chi connectivity index (χ3n) is 3.10. The van der Waals surface area contributed by atoms with Crippen LogP contribution in [0.4, 0.5) is 0 Å². The van der Waals surface area contributed by atoms with Crippen molar-refractivity contribution in [3.8, 4) is 5.75 Å². The molecule has 1 aromatic heterocycles. The van der Waals surface area contributed by atoms with Gasteiger partial charge in [-0.1, -0.05) is 12.1 Å². The molecule has 3 nitrogen and oxygen atoms in total. The quantitative estimate of drug-likeness (QED) is 0.855. The summed E-state index contributed by atoms with van der Waals surface area (Å²) in [4.78, 5) is 0. The molecule has 0 radical (unpaired) electrons. The average Bonchev–Trinajstić information content (AvgIpc) is 2.84. The van der Waals surface area contributed by atoms with Crippen LogP contribution in [0.15, 0.2) is 40.8 Å². The van der Waals surface area contributed by atoms with Gasteiger partial charge in [-0.15, -0.1) is 0 Å². The molecule has 0 spiro atoms. The molecule has 0 saturated carbocycles. The maximum Gasteiger partial charge on any atom is 0.120 e. The first kappa shape index (κ1) is 14.7. The Bertz CT molecular complexity index is 528. The second kappa shape index (κ2) is 6.62. The van der Waals surface area contributed by atoms with Gasteiger partial charge >= 0.3 is 0 Å². The first-order valence-corrected chi connectivity index (χ1v) is 7.10. The summed E-state index contributed by atoms with van der Waals surface area (Å²) in [5.41, 5.74) is 1.23. The summed E-state index contributed by atoms with van der Waals surface area (Å²) in [6.45, 7) is 8.94. The highest BCUT2D eigenvalue weighted by atomic mass is 16.5. The minimum atomic E-state index is 0.204. The summed E-state index contributed by atoms with van der Waals surface area (Å²) in [7, 11) is 0. The summed E-state index contributed by atoms with van der Waals surface area (Å²) < 4.78 is 11.2. The van der Waals surface area contributed by atoms with Crippen molar-refractivity contribution in [1.82, 2.24) is 5.32 Å². The van der Waals surface area contributed by atoms with Crippen LogP contribution in [0.5, 0.6) is 5.75 Å². The molecule has 0 amide bonds. The van der Waals surface area contributed by atoms with Crippen molar-refractivity contribution in [3.05, 3.63) is 53.5 Å². The van der Waals surface area contributed by atoms with Crippen molar-refractivity contribution >= 4 is 0 Å². The van der Waals surface area contributed by atoms with Crippen LogP contribution in [-0.2, 0) is 6.54 Å². The van der Waals surface area contributed by atoms with E-state index in [2.05, 4.69) is 24.4 Å². The zero-order valence-corrected chi connectivity index (χ0v) is 12.6. The molecule has 1 unspecified atom stereocenters. The van der Waals surface area contributed by atoms with Gasteiger partial charge in [-0.05, 0) is 57.5 Å². The van der Waals surface area contributed by atoms with Gasteiger partial charge in [0.2, 0.25) is 0 Å². The smallest absolute Gasteiger partial charge is 0.120 e. The summed E-state index contributed by atoms with van der Waals surface area (Å²) in [5, 5.41) is 3.45. The fourth-order valence-electron chi connectivity index (χ4n) is 2.02. The first-order valence-electron chi connectivity index (χ1n) is 7.10. The molecule has 108 valence electrons. The maximum absolute atomic E-state index is 5.63. The van der Waals surface area contributed by atoms with Crippen molar-refractivity contribution in [2.75, 3.05) is 0 Å². The van der Waals surface area contributed by atoms with Crippen LogP contribution in [-0.4, -0.2) is 6.10 Å². The standard InChI is InChI=1S/C17H23NO2/c1-12(2)19-16-8-6-15(7-9-16)11-18-14(4)17-10-5-13(3)20-17/h5-10,12,14,18H,11H2,1-4H3. The van der Waals surface area contributed by atoms with E-state index in [-0.39, 0.29) is 12.1 Å². The fourth-order valence-corrected chi connectivity index (χ4v) is 2.02. The SMILES string of the molecule is Cc1ccc(C(C)NCc2ccc(OC(C)C)cc2)o1. The highest BCUT2D eigenvalue weighted by Gasteiger charge is 2.08. The van der Waals surface area contributed by atoms with Gasteiger partial charge in [0.15, 0.2) is 0 Å². The van der Waals surface area contributed by atoms with E-state index in [1.54, 1.807) is 0 Å². The lowest BCUT2D eigenvalue weighted by molar-refractivity contribution is 0.242. The van der Waals surface area contributed by atoms with Gasteiger partial charge in [-0.3, -0.25) is 0 Å². The Morgan fingerprint density at radius 1 is 1.05 bits per heavy atom. The number of nitrogens with one attached hydrogen (secondary N) is 1. The van der Waals surface area contributed by atoms with E-state index in [9.17, 15) is 0 Å². The summed E-state index contributed by atoms with van der Waals surface area (Å²) in [6.07, 6.45) is 0.209. The molecule has 0 aliphatic rings. The Labute approximate surface area is 121 Å². The molecular weight excluding hydrogens is 250 g/mol. The Morgan fingerprint density at radius 2 is 1.75 bits per heavy atom. The van der Waals surface area contributed by atoms with Gasteiger partial charge < -0.3 is 14.5 Å². The normalized spacial score (nSPS) is 12.7. The molecule has 1 heterocycles. The van der Waals surface area contributed by atoms with Crippen LogP contribution in [0.2, 0.25) is 0 Å². The molecule has 1 N–H and O–H groups in total.